The predicted octanol–water partition coefficient (Wildman–Crippen LogP) is 21.6. The Hall–Kier alpha value is -5.16. The quantitative estimate of drug-likeness (QED) is 0.0377. The Morgan fingerprint density at radius 3 is 1.00 bits per heavy atom. The molecule has 426 valence electrons. The number of benzene rings is 6. The minimum Gasteiger partial charge on any atom is -0.494 e. The van der Waals surface area contributed by atoms with Crippen LogP contribution in [-0.4, -0.2) is 36.6 Å². The van der Waals surface area contributed by atoms with Gasteiger partial charge in [0.15, 0.2) is 0 Å². The summed E-state index contributed by atoms with van der Waals surface area (Å²) in [5.74, 6) is 2.95. The molecule has 0 saturated heterocycles. The third kappa shape index (κ3) is 17.4. The molecular formula is C75H102O4. The van der Waals surface area contributed by atoms with Crippen molar-refractivity contribution in [1.82, 2.24) is 0 Å². The van der Waals surface area contributed by atoms with Crippen molar-refractivity contribution < 1.29 is 19.7 Å². The molecule has 7 rings (SSSR count). The Morgan fingerprint density at radius 2 is 0.633 bits per heavy atom. The molecule has 2 atom stereocenters. The van der Waals surface area contributed by atoms with Crippen LogP contribution in [0.15, 0.2) is 133 Å². The predicted molar refractivity (Wildman–Crippen MR) is 339 cm³/mol. The molecular weight excluding hydrogens is 965 g/mol. The summed E-state index contributed by atoms with van der Waals surface area (Å²) in [5, 5.41) is 18.1. The van der Waals surface area contributed by atoms with Crippen LogP contribution in [0.5, 0.6) is 11.5 Å². The van der Waals surface area contributed by atoms with E-state index in [1.165, 1.54) is 197 Å². The Balaban J connectivity index is 1.18. The van der Waals surface area contributed by atoms with Gasteiger partial charge in [0.1, 0.15) is 11.5 Å². The van der Waals surface area contributed by atoms with Crippen LogP contribution in [0.3, 0.4) is 0 Å². The standard InChI is InChI=1S/C75H102O4/c1-5-9-11-13-19-24-31-67(8-4)75(68(30-7-3)32-25-18-12-10-6-2)73-57-65(63-37-33-59(34-38-63)61-41-47-69(48-42-61)78-55-28-22-16-14-20-26-53-76)45-51-71(73)72-52-46-66(58-74(72)75)64-39-35-60(36-40-64)62-43-49-70(50-44-62)79-56-29-23-17-15-21-27-54-77/h33-52,57-58,67-68,76-77H,5-32,53-56H2,1-4H3. The normalized spacial score (nSPS) is 13.3. The van der Waals surface area contributed by atoms with Crippen LogP contribution in [0.2, 0.25) is 0 Å². The largest absolute Gasteiger partial charge is 0.494 e. The fourth-order valence-electron chi connectivity index (χ4n) is 13.2. The van der Waals surface area contributed by atoms with Gasteiger partial charge in [-0.25, -0.2) is 0 Å². The molecule has 0 spiro atoms. The van der Waals surface area contributed by atoms with Crippen molar-refractivity contribution in [2.24, 2.45) is 11.8 Å². The average molecular weight is 1070 g/mol. The van der Waals surface area contributed by atoms with Gasteiger partial charge in [-0.1, -0.05) is 260 Å². The summed E-state index contributed by atoms with van der Waals surface area (Å²) in [6, 6.07) is 51.2. The van der Waals surface area contributed by atoms with Crippen molar-refractivity contribution in [1.29, 1.82) is 0 Å². The maximum Gasteiger partial charge on any atom is 0.119 e. The first kappa shape index (κ1) is 61.5. The maximum atomic E-state index is 9.05. The molecule has 1 aliphatic rings. The molecule has 1 aliphatic carbocycles. The van der Waals surface area contributed by atoms with Crippen molar-refractivity contribution >= 4 is 0 Å². The molecule has 2 unspecified atom stereocenters. The van der Waals surface area contributed by atoms with E-state index >= 15 is 0 Å². The Bertz CT molecular complexity index is 2440. The van der Waals surface area contributed by atoms with Gasteiger partial charge >= 0.3 is 0 Å². The maximum absolute atomic E-state index is 9.05. The third-order valence-electron chi connectivity index (χ3n) is 17.7. The van der Waals surface area contributed by atoms with E-state index < -0.39 is 0 Å². The van der Waals surface area contributed by atoms with Crippen molar-refractivity contribution in [2.45, 2.75) is 213 Å². The summed E-state index contributed by atoms with van der Waals surface area (Å²) in [4.78, 5) is 0. The molecule has 0 amide bonds. The van der Waals surface area contributed by atoms with Crippen LogP contribution in [-0.2, 0) is 5.41 Å². The molecule has 6 aromatic rings. The Morgan fingerprint density at radius 1 is 0.316 bits per heavy atom. The summed E-state index contributed by atoms with van der Waals surface area (Å²) >= 11 is 0. The highest BCUT2D eigenvalue weighted by Gasteiger charge is 2.52. The van der Waals surface area contributed by atoms with Crippen molar-refractivity contribution in [3.8, 4) is 67.1 Å². The molecule has 0 aliphatic heterocycles. The van der Waals surface area contributed by atoms with Crippen molar-refractivity contribution in [3.05, 3.63) is 145 Å². The van der Waals surface area contributed by atoms with Crippen LogP contribution >= 0.6 is 0 Å². The van der Waals surface area contributed by atoms with Gasteiger partial charge < -0.3 is 19.7 Å². The number of unbranched alkanes of at least 4 members (excludes halogenated alkanes) is 19. The van der Waals surface area contributed by atoms with Gasteiger partial charge in [0.2, 0.25) is 0 Å². The molecule has 0 aromatic heterocycles. The molecule has 0 radical (unpaired) electrons. The number of aliphatic hydroxyl groups excluding tert-OH is 2. The lowest BCUT2D eigenvalue weighted by atomic mass is 9.56. The molecule has 6 aromatic carbocycles. The number of rotatable bonds is 40. The van der Waals surface area contributed by atoms with Gasteiger partial charge in [0.25, 0.3) is 0 Å². The van der Waals surface area contributed by atoms with Gasteiger partial charge in [0.05, 0.1) is 13.2 Å². The fraction of sp³-hybridized carbons (Fsp3) is 0.520. The van der Waals surface area contributed by atoms with E-state index in [9.17, 15) is 0 Å². The zero-order valence-corrected chi connectivity index (χ0v) is 49.7. The second-order valence-electron chi connectivity index (χ2n) is 23.3. The van der Waals surface area contributed by atoms with Crippen LogP contribution in [0, 0.1) is 11.8 Å². The lowest BCUT2D eigenvalue weighted by Gasteiger charge is -2.47. The number of aliphatic hydroxyl groups is 2. The van der Waals surface area contributed by atoms with Gasteiger partial charge in [-0.2, -0.15) is 0 Å². The number of ether oxygens (including phenoxy) is 2. The minimum absolute atomic E-state index is 0.0935. The lowest BCUT2D eigenvalue weighted by Crippen LogP contribution is -2.42. The molecule has 0 bridgehead atoms. The van der Waals surface area contributed by atoms with Crippen LogP contribution in [0.4, 0.5) is 0 Å². The smallest absolute Gasteiger partial charge is 0.119 e. The topological polar surface area (TPSA) is 58.9 Å². The zero-order valence-electron chi connectivity index (χ0n) is 49.7. The third-order valence-corrected chi connectivity index (χ3v) is 17.7. The average Bonchev–Trinajstić information content (AvgIpc) is 3.29. The summed E-state index contributed by atoms with van der Waals surface area (Å²) in [5.41, 5.74) is 16.1. The second kappa shape index (κ2) is 34.2. The lowest BCUT2D eigenvalue weighted by molar-refractivity contribution is 0.172. The zero-order chi connectivity index (χ0) is 55.3. The van der Waals surface area contributed by atoms with E-state index in [0.29, 0.717) is 25.0 Å². The number of fused-ring (bicyclic) bond motifs is 3. The first-order valence-electron chi connectivity index (χ1n) is 32.2. The van der Waals surface area contributed by atoms with E-state index in [1.807, 2.05) is 0 Å². The SMILES string of the molecule is CCCCCCCCC(CC)C1(C(CCC)CCCCCCC)c2cc(-c3ccc(-c4ccc(OCCCCCCCCO)cc4)cc3)ccc2-c2ccc(-c3ccc(-c4ccc(OCCCCCCCCO)cc4)cc3)cc21. The molecule has 0 heterocycles. The fourth-order valence-corrected chi connectivity index (χ4v) is 13.2. The molecule has 4 nitrogen and oxygen atoms in total. The summed E-state index contributed by atoms with van der Waals surface area (Å²) in [6.45, 7) is 11.7. The van der Waals surface area contributed by atoms with E-state index in [-0.39, 0.29) is 5.41 Å². The highest BCUT2D eigenvalue weighted by molar-refractivity contribution is 5.87. The molecule has 0 saturated carbocycles. The Kier molecular flexibility index (Phi) is 26.6. The molecule has 2 N–H and O–H groups in total. The van der Waals surface area contributed by atoms with Crippen LogP contribution < -0.4 is 9.47 Å². The first-order valence-corrected chi connectivity index (χ1v) is 32.2. The van der Waals surface area contributed by atoms with E-state index in [0.717, 1.165) is 63.2 Å². The molecule has 0 fully saturated rings. The number of hydrogen-bond acceptors (Lipinski definition) is 4. The van der Waals surface area contributed by atoms with Crippen molar-refractivity contribution in [3.63, 3.8) is 0 Å². The van der Waals surface area contributed by atoms with E-state index in [4.69, 9.17) is 19.7 Å². The van der Waals surface area contributed by atoms with Crippen LogP contribution in [0.25, 0.3) is 55.6 Å². The summed E-state index contributed by atoms with van der Waals surface area (Å²) in [7, 11) is 0. The van der Waals surface area contributed by atoms with E-state index in [1.54, 1.807) is 11.1 Å². The monoisotopic (exact) mass is 1070 g/mol. The Labute approximate surface area is 480 Å². The van der Waals surface area contributed by atoms with Crippen LogP contribution in [0.1, 0.15) is 219 Å². The summed E-state index contributed by atoms with van der Waals surface area (Å²) < 4.78 is 12.3. The highest BCUT2D eigenvalue weighted by atomic mass is 16.5. The van der Waals surface area contributed by atoms with Gasteiger partial charge in [-0.05, 0) is 160 Å². The first-order chi connectivity index (χ1) is 39.0. The highest BCUT2D eigenvalue weighted by Crippen LogP contribution is 2.61. The van der Waals surface area contributed by atoms with Crippen molar-refractivity contribution in [2.75, 3.05) is 26.4 Å². The minimum atomic E-state index is -0.0935. The van der Waals surface area contributed by atoms with Gasteiger partial charge in [-0.3, -0.25) is 0 Å². The van der Waals surface area contributed by atoms with Gasteiger partial charge in [-0.15, -0.1) is 0 Å². The second-order valence-corrected chi connectivity index (χ2v) is 23.3. The van der Waals surface area contributed by atoms with E-state index in [2.05, 4.69) is 161 Å². The molecule has 4 heteroatoms. The summed E-state index contributed by atoms with van der Waals surface area (Å²) in [6.07, 6.45) is 34.0. The number of hydrogen-bond donors (Lipinski definition) is 2. The van der Waals surface area contributed by atoms with Gasteiger partial charge in [0, 0.05) is 18.6 Å². The molecule has 79 heavy (non-hydrogen) atoms.